The van der Waals surface area contributed by atoms with Crippen molar-refractivity contribution in [3.63, 3.8) is 0 Å². The van der Waals surface area contributed by atoms with Crippen molar-refractivity contribution in [2.24, 2.45) is 5.92 Å². The highest BCUT2D eigenvalue weighted by molar-refractivity contribution is 5.44. The van der Waals surface area contributed by atoms with Crippen LogP contribution in [0.1, 0.15) is 40.0 Å². The lowest BCUT2D eigenvalue weighted by Gasteiger charge is -2.28. The molecule has 100 valence electrons. The molecule has 1 N–H and O–H groups in total. The summed E-state index contributed by atoms with van der Waals surface area (Å²) in [5.74, 6) is 2.50. The number of nitrogens with zero attached hydrogens (tertiary/aromatic N) is 3. The molecule has 0 aromatic carbocycles. The van der Waals surface area contributed by atoms with E-state index in [9.17, 15) is 0 Å². The number of hydrogen-bond acceptors (Lipinski definition) is 4. The molecule has 2 rings (SSSR count). The first-order chi connectivity index (χ1) is 8.72. The minimum absolute atomic E-state index is 0.624. The molecule has 2 heterocycles. The normalized spacial score (nSPS) is 19.6. The predicted octanol–water partition coefficient (Wildman–Crippen LogP) is 2.92. The van der Waals surface area contributed by atoms with Crippen molar-refractivity contribution in [1.82, 2.24) is 9.97 Å². The Hall–Kier alpha value is -1.32. The average Bonchev–Trinajstić information content (AvgIpc) is 2.86. The molecule has 1 aromatic rings. The summed E-state index contributed by atoms with van der Waals surface area (Å²) in [4.78, 5) is 11.3. The molecule has 1 aliphatic rings. The van der Waals surface area contributed by atoms with Crippen LogP contribution >= 0.6 is 0 Å². The van der Waals surface area contributed by atoms with Gasteiger partial charge in [0.05, 0.1) is 0 Å². The molecule has 1 atom stereocenters. The van der Waals surface area contributed by atoms with Crippen molar-refractivity contribution in [1.29, 1.82) is 0 Å². The van der Waals surface area contributed by atoms with Gasteiger partial charge in [0.25, 0.3) is 0 Å². The summed E-state index contributed by atoms with van der Waals surface area (Å²) in [6.07, 6.45) is 5.49. The minimum Gasteiger partial charge on any atom is -0.354 e. The Labute approximate surface area is 110 Å². The second kappa shape index (κ2) is 6.03. The molecular formula is C14H24N4. The van der Waals surface area contributed by atoms with Crippen LogP contribution in [0.3, 0.4) is 0 Å². The van der Waals surface area contributed by atoms with Gasteiger partial charge in [0.2, 0.25) is 5.95 Å². The number of rotatable bonds is 5. The van der Waals surface area contributed by atoms with E-state index in [1.54, 1.807) is 0 Å². The number of anilines is 2. The van der Waals surface area contributed by atoms with E-state index in [-0.39, 0.29) is 0 Å². The van der Waals surface area contributed by atoms with Crippen LogP contribution in [0.15, 0.2) is 12.3 Å². The van der Waals surface area contributed by atoms with Crippen LogP contribution in [0.5, 0.6) is 0 Å². The summed E-state index contributed by atoms with van der Waals surface area (Å²) >= 11 is 0. The lowest BCUT2D eigenvalue weighted by molar-refractivity contribution is 0.489. The van der Waals surface area contributed by atoms with Crippen molar-refractivity contribution >= 4 is 11.8 Å². The first-order valence-corrected chi connectivity index (χ1v) is 7.06. The van der Waals surface area contributed by atoms with Gasteiger partial charge < -0.3 is 10.2 Å². The fourth-order valence-electron chi connectivity index (χ4n) is 2.60. The third-order valence-electron chi connectivity index (χ3n) is 3.54. The zero-order valence-corrected chi connectivity index (χ0v) is 11.7. The van der Waals surface area contributed by atoms with E-state index in [1.807, 2.05) is 12.3 Å². The standard InChI is InChI=1S/C14H24N4/c1-4-8-15-14-16-9-7-13(17-14)18-10-5-6-12(18)11(2)3/h7,9,11-12H,4-6,8,10H2,1-3H3,(H,15,16,17). The Bertz CT molecular complexity index is 378. The van der Waals surface area contributed by atoms with Crippen LogP contribution in [0.25, 0.3) is 0 Å². The quantitative estimate of drug-likeness (QED) is 0.870. The minimum atomic E-state index is 0.624. The van der Waals surface area contributed by atoms with Crippen LogP contribution in [-0.4, -0.2) is 29.1 Å². The van der Waals surface area contributed by atoms with E-state index >= 15 is 0 Å². The highest BCUT2D eigenvalue weighted by atomic mass is 15.3. The lowest BCUT2D eigenvalue weighted by Crippen LogP contribution is -2.34. The number of hydrogen-bond donors (Lipinski definition) is 1. The summed E-state index contributed by atoms with van der Waals surface area (Å²) in [6, 6.07) is 2.65. The Morgan fingerprint density at radius 3 is 3.06 bits per heavy atom. The van der Waals surface area contributed by atoms with Crippen molar-refractivity contribution in [2.75, 3.05) is 23.3 Å². The molecule has 1 saturated heterocycles. The van der Waals surface area contributed by atoms with Crippen molar-refractivity contribution in [2.45, 2.75) is 46.1 Å². The molecule has 4 nitrogen and oxygen atoms in total. The third kappa shape index (κ3) is 2.92. The van der Waals surface area contributed by atoms with Gasteiger partial charge in [0, 0.05) is 25.3 Å². The first-order valence-electron chi connectivity index (χ1n) is 7.06. The zero-order chi connectivity index (χ0) is 13.0. The van der Waals surface area contributed by atoms with Gasteiger partial charge in [-0.15, -0.1) is 0 Å². The second-order valence-corrected chi connectivity index (χ2v) is 5.31. The van der Waals surface area contributed by atoms with E-state index in [0.29, 0.717) is 12.0 Å². The summed E-state index contributed by atoms with van der Waals surface area (Å²) in [6.45, 7) is 8.77. The fraction of sp³-hybridized carbons (Fsp3) is 0.714. The van der Waals surface area contributed by atoms with Crippen LogP contribution in [-0.2, 0) is 0 Å². The summed E-state index contributed by atoms with van der Waals surface area (Å²) in [5.41, 5.74) is 0. The molecule has 0 aliphatic carbocycles. The molecule has 18 heavy (non-hydrogen) atoms. The number of aromatic nitrogens is 2. The van der Waals surface area contributed by atoms with E-state index in [0.717, 1.165) is 31.3 Å². The highest BCUT2D eigenvalue weighted by Crippen LogP contribution is 2.28. The van der Waals surface area contributed by atoms with Gasteiger partial charge in [0.15, 0.2) is 0 Å². The molecule has 0 amide bonds. The van der Waals surface area contributed by atoms with E-state index in [2.05, 4.69) is 41.0 Å². The molecule has 0 saturated carbocycles. The van der Waals surface area contributed by atoms with Gasteiger partial charge >= 0.3 is 0 Å². The highest BCUT2D eigenvalue weighted by Gasteiger charge is 2.28. The van der Waals surface area contributed by atoms with E-state index in [1.165, 1.54) is 12.8 Å². The first kappa shape index (κ1) is 13.1. The molecule has 0 bridgehead atoms. The molecule has 0 spiro atoms. The third-order valence-corrected chi connectivity index (χ3v) is 3.54. The monoisotopic (exact) mass is 248 g/mol. The van der Waals surface area contributed by atoms with Gasteiger partial charge in [-0.2, -0.15) is 4.98 Å². The van der Waals surface area contributed by atoms with E-state index in [4.69, 9.17) is 0 Å². The Morgan fingerprint density at radius 2 is 2.33 bits per heavy atom. The molecule has 4 heteroatoms. The van der Waals surface area contributed by atoms with Crippen LogP contribution in [0.2, 0.25) is 0 Å². The summed E-state index contributed by atoms with van der Waals surface area (Å²) in [7, 11) is 0. The zero-order valence-electron chi connectivity index (χ0n) is 11.7. The maximum Gasteiger partial charge on any atom is 0.224 e. The molecule has 1 aliphatic heterocycles. The summed E-state index contributed by atoms with van der Waals surface area (Å²) < 4.78 is 0. The van der Waals surface area contributed by atoms with Gasteiger partial charge in [-0.05, 0) is 31.2 Å². The Kier molecular flexibility index (Phi) is 4.39. The van der Waals surface area contributed by atoms with Crippen LogP contribution < -0.4 is 10.2 Å². The van der Waals surface area contributed by atoms with Crippen molar-refractivity contribution in [3.8, 4) is 0 Å². The van der Waals surface area contributed by atoms with Gasteiger partial charge in [-0.25, -0.2) is 4.98 Å². The lowest BCUT2D eigenvalue weighted by atomic mass is 10.0. The van der Waals surface area contributed by atoms with Crippen LogP contribution in [0, 0.1) is 5.92 Å². The maximum atomic E-state index is 4.63. The average molecular weight is 248 g/mol. The smallest absolute Gasteiger partial charge is 0.224 e. The summed E-state index contributed by atoms with van der Waals surface area (Å²) in [5, 5.41) is 3.25. The molecule has 1 aromatic heterocycles. The van der Waals surface area contributed by atoms with Gasteiger partial charge in [0.1, 0.15) is 5.82 Å². The van der Waals surface area contributed by atoms with Gasteiger partial charge in [-0.1, -0.05) is 20.8 Å². The Balaban J connectivity index is 2.12. The fourth-order valence-corrected chi connectivity index (χ4v) is 2.60. The SMILES string of the molecule is CCCNc1nccc(N2CCCC2C(C)C)n1. The number of nitrogens with one attached hydrogen (secondary N) is 1. The largest absolute Gasteiger partial charge is 0.354 e. The molecule has 1 unspecified atom stereocenters. The van der Waals surface area contributed by atoms with Crippen LogP contribution in [0.4, 0.5) is 11.8 Å². The van der Waals surface area contributed by atoms with Gasteiger partial charge in [-0.3, -0.25) is 0 Å². The van der Waals surface area contributed by atoms with E-state index < -0.39 is 0 Å². The molecular weight excluding hydrogens is 224 g/mol. The van der Waals surface area contributed by atoms with Crippen molar-refractivity contribution in [3.05, 3.63) is 12.3 Å². The van der Waals surface area contributed by atoms with Crippen molar-refractivity contribution < 1.29 is 0 Å². The topological polar surface area (TPSA) is 41.1 Å². The predicted molar refractivity (Wildman–Crippen MR) is 76.0 cm³/mol. The molecule has 1 fully saturated rings. The Morgan fingerprint density at radius 1 is 1.50 bits per heavy atom. The molecule has 0 radical (unpaired) electrons. The second-order valence-electron chi connectivity index (χ2n) is 5.31. The maximum absolute atomic E-state index is 4.63.